The molecule has 4 aliphatic rings. The highest BCUT2D eigenvalue weighted by Gasteiger charge is 2.39. The van der Waals surface area contributed by atoms with Crippen molar-refractivity contribution in [3.63, 3.8) is 0 Å². The Balaban J connectivity index is 0.000000131. The Bertz CT molecular complexity index is 5670. The van der Waals surface area contributed by atoms with Crippen LogP contribution in [0.25, 0.3) is 32.7 Å². The molecule has 0 saturated carbocycles. The number of amides is 2. The van der Waals surface area contributed by atoms with Crippen LogP contribution in [0.3, 0.4) is 0 Å². The number of methoxy groups -OCH3 is 1. The number of morpholine rings is 1. The van der Waals surface area contributed by atoms with Gasteiger partial charge in [-0.1, -0.05) is 100 Å². The van der Waals surface area contributed by atoms with E-state index in [1.54, 1.807) is 83.8 Å². The van der Waals surface area contributed by atoms with Gasteiger partial charge in [-0.25, -0.2) is 9.88 Å². The van der Waals surface area contributed by atoms with Crippen LogP contribution < -0.4 is 23.7 Å². The molecule has 0 spiro atoms. The minimum atomic E-state index is -1.17. The highest BCUT2D eigenvalue weighted by atomic mass is 35.5. The van der Waals surface area contributed by atoms with Crippen molar-refractivity contribution in [1.82, 2.24) is 64.3 Å². The number of aromatic amines is 3. The van der Waals surface area contributed by atoms with Gasteiger partial charge >= 0.3 is 0 Å². The Morgan fingerprint density at radius 1 is 0.479 bits per heavy atom. The Kier molecular flexibility index (Phi) is 25.2. The summed E-state index contributed by atoms with van der Waals surface area (Å²) in [5.74, 6) is 3.67. The molecule has 9 aromatic carbocycles. The van der Waals surface area contributed by atoms with Crippen molar-refractivity contribution in [3.05, 3.63) is 312 Å². The van der Waals surface area contributed by atoms with Gasteiger partial charge in [0.2, 0.25) is 0 Å². The fourth-order valence-electron chi connectivity index (χ4n) is 16.1. The fraction of sp³-hybridized carbons (Fsp3) is 0.275. The lowest BCUT2D eigenvalue weighted by molar-refractivity contribution is -0.150. The number of hydrogen-bond donors (Lipinski definition) is 4. The number of carbonyl (C=O) groups excluding carboxylic acids is 2. The van der Waals surface area contributed by atoms with E-state index in [0.717, 1.165) is 173 Å². The maximum Gasteiger partial charge on any atom is 0.260 e. The van der Waals surface area contributed by atoms with Gasteiger partial charge in [0.1, 0.15) is 41.4 Å². The summed E-state index contributed by atoms with van der Waals surface area (Å²) in [6, 6.07) is 63.2. The maximum atomic E-state index is 13.8. The van der Waals surface area contributed by atoms with E-state index in [1.165, 1.54) is 23.0 Å². The standard InChI is InChI=1S/C31H31Cl2N3O3.C30H30ClN5O4.C30H28ClN5O2/c32-23-6-2-22(3-7-23)31(37)36-14-12-26-27-20-24(33)8-11-28(27)34-29(26)30(36)21-4-9-25(10-5-21)39-17-1-13-35-15-18-38-19-16-35;1-38-22-8-10-24(11-9-22)40-30(37)35-17-13-25-26-19-21(31)5-12-27(26)34-28(25)29(35)20-3-6-23(7-4-20)39-18-2-16-36-32-14-15-33-36;1-20-3-5-22(6-4-20)30(37)36-15-13-25-26-17-23(31)9-12-27(26)34-28(25)29(36)21-7-10-24(11-8-21)38-16-2-14-35-19-32-18-33-35/h2-11,20,30,34H,1,12-19H2;3-12,14-15,19,29-30,34,37H,2,13,16-18H2,1H3;3-12,17-19,29,34H,2,13-16H2,1H3. The number of aliphatic hydroxyl groups excluding tert-OH is 1. The summed E-state index contributed by atoms with van der Waals surface area (Å²) < 4.78 is 36.4. The van der Waals surface area contributed by atoms with E-state index in [4.69, 9.17) is 74.8 Å². The highest BCUT2D eigenvalue weighted by Crippen LogP contribution is 2.45. The number of H-pyrrole nitrogens is 3. The van der Waals surface area contributed by atoms with Crippen molar-refractivity contribution in [2.24, 2.45) is 0 Å². The zero-order valence-corrected chi connectivity index (χ0v) is 67.8. The largest absolute Gasteiger partial charge is 0.497 e. The molecule has 0 bridgehead atoms. The molecule has 5 aromatic heterocycles. The summed E-state index contributed by atoms with van der Waals surface area (Å²) in [5, 5.41) is 29.7. The van der Waals surface area contributed by atoms with Crippen molar-refractivity contribution in [1.29, 1.82) is 0 Å². The van der Waals surface area contributed by atoms with Crippen LogP contribution in [-0.4, -0.2) is 167 Å². The minimum absolute atomic E-state index is 0.0192. The average Bonchev–Trinajstić information content (AvgIpc) is 1.61. The number of nitrogens with zero attached hydrogens (tertiary/aromatic N) is 10. The van der Waals surface area contributed by atoms with Crippen molar-refractivity contribution in [3.8, 4) is 28.7 Å². The van der Waals surface area contributed by atoms with E-state index in [9.17, 15) is 14.7 Å². The number of ether oxygens (including phenoxy) is 6. The third-order valence-electron chi connectivity index (χ3n) is 21.9. The molecule has 4 unspecified atom stereocenters. The van der Waals surface area contributed by atoms with Crippen LogP contribution in [0.4, 0.5) is 0 Å². The minimum Gasteiger partial charge on any atom is -0.497 e. The molecule has 4 N–H and O–H groups in total. The van der Waals surface area contributed by atoms with E-state index < -0.39 is 6.41 Å². The first-order valence-electron chi connectivity index (χ1n) is 39.5. The lowest BCUT2D eigenvalue weighted by atomic mass is 9.91. The molecule has 600 valence electrons. The number of fused-ring (bicyclic) bond motifs is 9. The molecule has 4 aliphatic heterocycles. The number of aromatic nitrogens is 9. The predicted octanol–water partition coefficient (Wildman–Crippen LogP) is 17.5. The lowest BCUT2D eigenvalue weighted by Gasteiger charge is -2.38. The molecule has 4 atom stereocenters. The third kappa shape index (κ3) is 18.6. The van der Waals surface area contributed by atoms with Crippen LogP contribution >= 0.6 is 46.4 Å². The van der Waals surface area contributed by atoms with Gasteiger partial charge in [0.15, 0.2) is 0 Å². The van der Waals surface area contributed by atoms with Gasteiger partial charge in [-0.15, -0.1) is 0 Å². The first-order chi connectivity index (χ1) is 57.2. The monoisotopic (exact) mass is 1650 g/mol. The summed E-state index contributed by atoms with van der Waals surface area (Å²) >= 11 is 25.1. The van der Waals surface area contributed by atoms with Gasteiger partial charge < -0.3 is 58.3 Å². The summed E-state index contributed by atoms with van der Waals surface area (Å²) in [6.45, 7) is 11.7. The number of rotatable bonds is 24. The van der Waals surface area contributed by atoms with Crippen LogP contribution in [0.2, 0.25) is 20.1 Å². The second kappa shape index (κ2) is 37.0. The second-order valence-electron chi connectivity index (χ2n) is 29.4. The first kappa shape index (κ1) is 79.6. The number of hydrogen-bond acceptors (Lipinski definition) is 15. The van der Waals surface area contributed by atoms with Gasteiger partial charge in [-0.3, -0.25) is 19.2 Å². The van der Waals surface area contributed by atoms with Crippen molar-refractivity contribution in [2.45, 2.75) is 83.1 Å². The van der Waals surface area contributed by atoms with Crippen molar-refractivity contribution < 1.29 is 43.1 Å². The SMILES string of the molecule is COc1ccc(OC(O)N2CCc3c([nH]c4ccc(Cl)cc34)C2c2ccc(OCCCn3nccn3)cc2)cc1.Cc1ccc(C(=O)N2CCc3c([nH]c4ccc(Cl)cc34)C2c2ccc(OCCCn3cncn3)cc2)cc1.O=C(c1ccc(Cl)cc1)N1CCc2c([nH]c3ccc(Cl)cc23)C1c1ccc(OCCCN2CCOCC2)cc1. The zero-order valence-electron chi connectivity index (χ0n) is 64.8. The molecule has 18 rings (SSSR count). The number of halogens is 4. The predicted molar refractivity (Wildman–Crippen MR) is 455 cm³/mol. The summed E-state index contributed by atoms with van der Waals surface area (Å²) in [7, 11) is 1.61. The Morgan fingerprint density at radius 2 is 0.897 bits per heavy atom. The van der Waals surface area contributed by atoms with Crippen LogP contribution in [-0.2, 0) is 37.1 Å². The fourth-order valence-corrected chi connectivity index (χ4v) is 16.7. The van der Waals surface area contributed by atoms with Crippen LogP contribution in [0.15, 0.2) is 225 Å². The van der Waals surface area contributed by atoms with E-state index in [0.29, 0.717) is 83.0 Å². The topological polar surface area (TPSA) is 231 Å². The Hall–Kier alpha value is -11.2. The molecule has 9 heterocycles. The summed E-state index contributed by atoms with van der Waals surface area (Å²) in [5.41, 5.74) is 15.3. The molecular formula is C91H89Cl4N13O9. The summed E-state index contributed by atoms with van der Waals surface area (Å²) in [4.78, 5) is 52.2. The molecular weight excluding hydrogens is 1560 g/mol. The molecule has 0 aliphatic carbocycles. The molecule has 14 aromatic rings. The lowest BCUT2D eigenvalue weighted by Crippen LogP contribution is -2.46. The van der Waals surface area contributed by atoms with Crippen LogP contribution in [0.5, 0.6) is 28.7 Å². The van der Waals surface area contributed by atoms with Gasteiger partial charge in [-0.2, -0.15) is 20.1 Å². The molecule has 26 heteroatoms. The molecule has 22 nitrogen and oxygen atoms in total. The van der Waals surface area contributed by atoms with Gasteiger partial charge in [0.05, 0.1) is 77.2 Å². The van der Waals surface area contributed by atoms with Crippen LogP contribution in [0, 0.1) is 6.92 Å². The molecule has 117 heavy (non-hydrogen) atoms. The quantitative estimate of drug-likeness (QED) is 0.0325. The maximum absolute atomic E-state index is 13.8. The number of carbonyl (C=O) groups is 2. The summed E-state index contributed by atoms with van der Waals surface area (Å²) in [6.07, 6.45) is 10.2. The number of aliphatic hydroxyl groups is 1. The highest BCUT2D eigenvalue weighted by molar-refractivity contribution is 6.32. The smallest absolute Gasteiger partial charge is 0.260 e. The van der Waals surface area contributed by atoms with E-state index >= 15 is 0 Å². The number of benzene rings is 9. The zero-order chi connectivity index (χ0) is 80.3. The number of nitrogens with one attached hydrogen (secondary N) is 3. The Labute approximate surface area is 697 Å². The van der Waals surface area contributed by atoms with E-state index in [2.05, 4.69) is 64.4 Å². The molecule has 1 fully saturated rings. The van der Waals surface area contributed by atoms with Gasteiger partial charge in [-0.05, 0) is 218 Å². The average molecular weight is 1650 g/mol. The van der Waals surface area contributed by atoms with Crippen molar-refractivity contribution in [2.75, 3.05) is 79.4 Å². The number of aryl methyl sites for hydroxylation is 3. The van der Waals surface area contributed by atoms with Crippen LogP contribution in [0.1, 0.15) is 114 Å². The Morgan fingerprint density at radius 3 is 1.37 bits per heavy atom. The van der Waals surface area contributed by atoms with E-state index in [-0.39, 0.29) is 29.9 Å². The molecule has 1 saturated heterocycles. The third-order valence-corrected chi connectivity index (χ3v) is 22.8. The molecule has 2 amide bonds. The normalized spacial score (nSPS) is 16.3. The van der Waals surface area contributed by atoms with Gasteiger partial charge in [0.25, 0.3) is 18.2 Å². The van der Waals surface area contributed by atoms with E-state index in [1.807, 2.05) is 149 Å². The molecule has 0 radical (unpaired) electrons. The van der Waals surface area contributed by atoms with Crippen molar-refractivity contribution >= 4 is 90.9 Å². The van der Waals surface area contributed by atoms with Gasteiger partial charge in [0, 0.05) is 140 Å². The first-order valence-corrected chi connectivity index (χ1v) is 41.0. The second-order valence-corrected chi connectivity index (χ2v) is 31.1.